The predicted octanol–water partition coefficient (Wildman–Crippen LogP) is 4.84. The van der Waals surface area contributed by atoms with Crippen molar-refractivity contribution in [1.82, 2.24) is 0 Å². The van der Waals surface area contributed by atoms with Gasteiger partial charge in [-0.1, -0.05) is 42.1 Å². The van der Waals surface area contributed by atoms with E-state index in [9.17, 15) is 4.79 Å². The second-order valence-electron chi connectivity index (χ2n) is 5.11. The number of aldehydes is 1. The number of benzene rings is 2. The molecule has 2 nitrogen and oxygen atoms in total. The van der Waals surface area contributed by atoms with Crippen molar-refractivity contribution < 1.29 is 9.53 Å². The van der Waals surface area contributed by atoms with Crippen LogP contribution in [0.5, 0.6) is 0 Å². The Morgan fingerprint density at radius 1 is 1.29 bits per heavy atom. The largest absolute Gasteiger partial charge is 0.368 e. The van der Waals surface area contributed by atoms with Crippen molar-refractivity contribution in [3.8, 4) is 0 Å². The summed E-state index contributed by atoms with van der Waals surface area (Å²) in [6.45, 7) is 4.04. The molecule has 1 unspecified atom stereocenters. The molecule has 0 aliphatic rings. The maximum atomic E-state index is 11.2. The Morgan fingerprint density at radius 3 is 2.71 bits per heavy atom. The van der Waals surface area contributed by atoms with Crippen molar-refractivity contribution in [2.75, 3.05) is 11.8 Å². The number of alkyl halides is 1. The summed E-state index contributed by atoms with van der Waals surface area (Å²) in [6, 6.07) is 12.3. The monoisotopic (exact) mass is 322 g/mol. The topological polar surface area (TPSA) is 26.3 Å². The quantitative estimate of drug-likeness (QED) is 0.316. The zero-order valence-electron chi connectivity index (χ0n) is 12.2. The summed E-state index contributed by atoms with van der Waals surface area (Å²) in [5.41, 5.74) is 0.964. The molecule has 2 rings (SSSR count). The van der Waals surface area contributed by atoms with E-state index in [1.165, 1.54) is 5.39 Å². The lowest BCUT2D eigenvalue weighted by Crippen LogP contribution is -2.03. The third-order valence-corrected chi connectivity index (χ3v) is 4.46. The van der Waals surface area contributed by atoms with Crippen LogP contribution in [-0.4, -0.2) is 24.2 Å². The molecule has 1 atom stereocenters. The maximum absolute atomic E-state index is 11.2. The Bertz CT molecular complexity index is 613. The highest BCUT2D eigenvalue weighted by Crippen LogP contribution is 2.32. The number of halogens is 1. The first-order chi connectivity index (χ1) is 10.2. The van der Waals surface area contributed by atoms with Gasteiger partial charge < -0.3 is 9.53 Å². The first-order valence-corrected chi connectivity index (χ1v) is 8.46. The van der Waals surface area contributed by atoms with Gasteiger partial charge >= 0.3 is 0 Å². The average Bonchev–Trinajstić information content (AvgIpc) is 2.48. The minimum absolute atomic E-state index is 0.206. The Balaban J connectivity index is 2.37. The van der Waals surface area contributed by atoms with E-state index in [-0.39, 0.29) is 12.0 Å². The Hall–Kier alpha value is -1.03. The Kier molecular flexibility index (Phi) is 6.09. The lowest BCUT2D eigenvalue weighted by atomic mass is 9.99. The molecular formula is C17H19ClO2S. The molecule has 2 aromatic rings. The van der Waals surface area contributed by atoms with Crippen molar-refractivity contribution in [2.45, 2.75) is 30.8 Å². The van der Waals surface area contributed by atoms with E-state index in [0.29, 0.717) is 11.8 Å². The van der Waals surface area contributed by atoms with Gasteiger partial charge in [0.1, 0.15) is 6.29 Å². The summed E-state index contributed by atoms with van der Waals surface area (Å²) in [7, 11) is 0. The average molecular weight is 323 g/mol. The van der Waals surface area contributed by atoms with Gasteiger partial charge in [-0.2, -0.15) is 0 Å². The molecule has 4 heteroatoms. The SMILES string of the molecule is CC(C)OCSc1cc(C(C=O)CCl)cc2ccccc12. The van der Waals surface area contributed by atoms with Crippen LogP contribution in [0.4, 0.5) is 0 Å². The first kappa shape index (κ1) is 16.3. The molecule has 0 heterocycles. The number of carbonyl (C=O) groups is 1. The summed E-state index contributed by atoms with van der Waals surface area (Å²) in [5.74, 6) is 0.633. The van der Waals surface area contributed by atoms with E-state index in [4.69, 9.17) is 16.3 Å². The van der Waals surface area contributed by atoms with Crippen LogP contribution >= 0.6 is 23.4 Å². The van der Waals surface area contributed by atoms with Crippen LogP contribution < -0.4 is 0 Å². The molecule has 2 aromatic carbocycles. The lowest BCUT2D eigenvalue weighted by Gasteiger charge is -2.13. The molecular weight excluding hydrogens is 304 g/mol. The van der Waals surface area contributed by atoms with Gasteiger partial charge in [0.05, 0.1) is 18.0 Å². The molecule has 0 bridgehead atoms. The second kappa shape index (κ2) is 7.83. The third-order valence-electron chi connectivity index (χ3n) is 3.22. The van der Waals surface area contributed by atoms with Crippen LogP contribution in [0.15, 0.2) is 41.3 Å². The lowest BCUT2D eigenvalue weighted by molar-refractivity contribution is -0.108. The third kappa shape index (κ3) is 4.22. The highest BCUT2D eigenvalue weighted by atomic mass is 35.5. The van der Waals surface area contributed by atoms with E-state index in [0.717, 1.165) is 22.1 Å². The van der Waals surface area contributed by atoms with Crippen LogP contribution in [-0.2, 0) is 9.53 Å². The first-order valence-electron chi connectivity index (χ1n) is 6.94. The van der Waals surface area contributed by atoms with Gasteiger partial charge in [-0.05, 0) is 36.2 Å². The smallest absolute Gasteiger partial charge is 0.128 e. The molecule has 0 aromatic heterocycles. The molecule has 0 fully saturated rings. The van der Waals surface area contributed by atoms with Crippen molar-refractivity contribution in [3.05, 3.63) is 42.0 Å². The van der Waals surface area contributed by atoms with Crippen LogP contribution in [0.1, 0.15) is 25.3 Å². The number of thioether (sulfide) groups is 1. The molecule has 0 spiro atoms. The van der Waals surface area contributed by atoms with E-state index in [1.807, 2.05) is 32.0 Å². The van der Waals surface area contributed by atoms with Crippen LogP contribution in [0.25, 0.3) is 10.8 Å². The van der Waals surface area contributed by atoms with Gasteiger partial charge in [0, 0.05) is 10.8 Å². The molecule has 112 valence electrons. The number of hydrogen-bond acceptors (Lipinski definition) is 3. The van der Waals surface area contributed by atoms with Crippen molar-refractivity contribution >= 4 is 40.4 Å². The van der Waals surface area contributed by atoms with E-state index in [2.05, 4.69) is 18.2 Å². The number of carbonyl (C=O) groups excluding carboxylic acids is 1. The maximum Gasteiger partial charge on any atom is 0.128 e. The standard InChI is InChI=1S/C17H19ClO2S/c1-12(2)20-11-21-17-8-14(15(9-18)10-19)7-13-5-3-4-6-16(13)17/h3-8,10,12,15H,9,11H2,1-2H3. The Morgan fingerprint density at radius 2 is 2.05 bits per heavy atom. The number of rotatable bonds is 7. The second-order valence-corrected chi connectivity index (χ2v) is 6.39. The zero-order valence-corrected chi connectivity index (χ0v) is 13.8. The molecule has 0 saturated carbocycles. The van der Waals surface area contributed by atoms with Crippen LogP contribution in [0, 0.1) is 0 Å². The van der Waals surface area contributed by atoms with Crippen molar-refractivity contribution in [1.29, 1.82) is 0 Å². The summed E-state index contributed by atoms with van der Waals surface area (Å²) >= 11 is 7.54. The number of hydrogen-bond donors (Lipinski definition) is 0. The van der Waals surface area contributed by atoms with E-state index < -0.39 is 0 Å². The van der Waals surface area contributed by atoms with Crippen molar-refractivity contribution in [3.63, 3.8) is 0 Å². The van der Waals surface area contributed by atoms with Gasteiger partial charge in [0.15, 0.2) is 0 Å². The minimum atomic E-state index is -0.262. The summed E-state index contributed by atoms with van der Waals surface area (Å²) in [6.07, 6.45) is 1.12. The molecule has 0 N–H and O–H groups in total. The normalized spacial score (nSPS) is 12.8. The molecule has 0 aliphatic heterocycles. The van der Waals surface area contributed by atoms with Gasteiger partial charge in [0.2, 0.25) is 0 Å². The number of fused-ring (bicyclic) bond motifs is 1. The highest BCUT2D eigenvalue weighted by molar-refractivity contribution is 7.99. The molecule has 0 amide bonds. The fraction of sp³-hybridized carbons (Fsp3) is 0.353. The van der Waals surface area contributed by atoms with Crippen LogP contribution in [0.2, 0.25) is 0 Å². The van der Waals surface area contributed by atoms with E-state index >= 15 is 0 Å². The fourth-order valence-electron chi connectivity index (χ4n) is 2.07. The van der Waals surface area contributed by atoms with Crippen LogP contribution in [0.3, 0.4) is 0 Å². The zero-order chi connectivity index (χ0) is 15.2. The van der Waals surface area contributed by atoms with Gasteiger partial charge in [-0.25, -0.2) is 0 Å². The van der Waals surface area contributed by atoms with Gasteiger partial charge in [-0.15, -0.1) is 11.6 Å². The summed E-state index contributed by atoms with van der Waals surface area (Å²) in [4.78, 5) is 12.3. The molecule has 0 aliphatic carbocycles. The minimum Gasteiger partial charge on any atom is -0.368 e. The van der Waals surface area contributed by atoms with Gasteiger partial charge in [0.25, 0.3) is 0 Å². The predicted molar refractivity (Wildman–Crippen MR) is 90.4 cm³/mol. The van der Waals surface area contributed by atoms with E-state index in [1.54, 1.807) is 11.8 Å². The van der Waals surface area contributed by atoms with Gasteiger partial charge in [-0.3, -0.25) is 0 Å². The number of ether oxygens (including phenoxy) is 1. The Labute approximate surface area is 134 Å². The highest BCUT2D eigenvalue weighted by Gasteiger charge is 2.13. The molecule has 21 heavy (non-hydrogen) atoms. The summed E-state index contributed by atoms with van der Waals surface area (Å²) < 4.78 is 5.62. The summed E-state index contributed by atoms with van der Waals surface area (Å²) in [5, 5.41) is 2.30. The van der Waals surface area contributed by atoms with Crippen molar-refractivity contribution in [2.24, 2.45) is 0 Å². The molecule has 0 saturated heterocycles. The fourth-order valence-corrected chi connectivity index (χ4v) is 3.35. The molecule has 0 radical (unpaired) electrons.